The van der Waals surface area contributed by atoms with Gasteiger partial charge in [0.1, 0.15) is 5.02 Å². The van der Waals surface area contributed by atoms with Gasteiger partial charge in [0, 0.05) is 7.05 Å². The third kappa shape index (κ3) is 4.17. The Kier molecular flexibility index (Phi) is 5.86. The number of nitrogens with zero attached hydrogens (tertiary/aromatic N) is 3. The molecule has 1 rings (SSSR count). The molecule has 0 bridgehead atoms. The number of carbonyl (C=O) groups excluding carboxylic acids is 1. The van der Waals surface area contributed by atoms with Gasteiger partial charge in [-0.1, -0.05) is 24.8 Å². The number of aromatic nitrogens is 2. The summed E-state index contributed by atoms with van der Waals surface area (Å²) in [4.78, 5) is 23.7. The number of amides is 1. The minimum atomic E-state index is -0.345. The standard InChI is InChI=1S/C13H16ClN5O/c1-5-10(8(3)17-11(20)6-2)18-12-9(14)7-16-13(15-4)19-12/h5-8H,1-2H2,3-4H3,(H,17,20)(H,15,16,19). The maximum Gasteiger partial charge on any atom is 0.243 e. The first-order valence-corrected chi connectivity index (χ1v) is 6.23. The van der Waals surface area contributed by atoms with Gasteiger partial charge < -0.3 is 10.6 Å². The van der Waals surface area contributed by atoms with Gasteiger partial charge in [-0.3, -0.25) is 4.79 Å². The molecule has 0 saturated heterocycles. The van der Waals surface area contributed by atoms with Crippen molar-refractivity contribution in [1.29, 1.82) is 0 Å². The van der Waals surface area contributed by atoms with Crippen molar-refractivity contribution in [2.24, 2.45) is 4.99 Å². The van der Waals surface area contributed by atoms with E-state index in [-0.39, 0.29) is 11.9 Å². The minimum Gasteiger partial charge on any atom is -0.357 e. The minimum absolute atomic E-state index is 0.295. The van der Waals surface area contributed by atoms with Crippen LogP contribution >= 0.6 is 11.6 Å². The quantitative estimate of drug-likeness (QED) is 0.622. The number of rotatable bonds is 6. The van der Waals surface area contributed by atoms with Crippen LogP contribution in [-0.4, -0.2) is 34.7 Å². The SMILES string of the molecule is C=CC(=O)NC(C)C(C=C)=Nc1nc(NC)ncc1Cl. The second-order valence-corrected chi connectivity index (χ2v) is 4.20. The van der Waals surface area contributed by atoms with Gasteiger partial charge in [0.25, 0.3) is 0 Å². The fourth-order valence-electron chi connectivity index (χ4n) is 1.34. The van der Waals surface area contributed by atoms with Crippen LogP contribution in [0.25, 0.3) is 0 Å². The molecule has 1 amide bonds. The highest BCUT2D eigenvalue weighted by Gasteiger charge is 2.11. The van der Waals surface area contributed by atoms with Crippen LogP contribution in [0.2, 0.25) is 5.02 Å². The lowest BCUT2D eigenvalue weighted by Crippen LogP contribution is -2.36. The lowest BCUT2D eigenvalue weighted by Gasteiger charge is -2.13. The molecular formula is C13H16ClN5O. The maximum absolute atomic E-state index is 11.3. The smallest absolute Gasteiger partial charge is 0.243 e. The van der Waals surface area contributed by atoms with Crippen LogP contribution < -0.4 is 10.6 Å². The topological polar surface area (TPSA) is 79.3 Å². The zero-order chi connectivity index (χ0) is 15.1. The summed E-state index contributed by atoms with van der Waals surface area (Å²) in [6.07, 6.45) is 4.17. The van der Waals surface area contributed by atoms with E-state index in [4.69, 9.17) is 11.6 Å². The Morgan fingerprint density at radius 1 is 1.50 bits per heavy atom. The first-order chi connectivity index (χ1) is 9.51. The molecule has 0 aliphatic carbocycles. The van der Waals surface area contributed by atoms with Crippen molar-refractivity contribution >= 4 is 35.0 Å². The van der Waals surface area contributed by atoms with E-state index in [1.54, 1.807) is 14.0 Å². The Bertz CT molecular complexity index is 556. The van der Waals surface area contributed by atoms with Gasteiger partial charge in [-0.05, 0) is 19.1 Å². The molecule has 0 fully saturated rings. The number of hydrogen-bond donors (Lipinski definition) is 2. The van der Waals surface area contributed by atoms with Crippen molar-refractivity contribution < 1.29 is 4.79 Å². The molecule has 0 aliphatic rings. The summed E-state index contributed by atoms with van der Waals surface area (Å²) < 4.78 is 0. The Morgan fingerprint density at radius 3 is 2.75 bits per heavy atom. The average Bonchev–Trinajstić information content (AvgIpc) is 2.45. The lowest BCUT2D eigenvalue weighted by molar-refractivity contribution is -0.116. The van der Waals surface area contributed by atoms with E-state index in [0.717, 1.165) is 0 Å². The normalized spacial score (nSPS) is 12.4. The highest BCUT2D eigenvalue weighted by Crippen LogP contribution is 2.22. The predicted octanol–water partition coefficient (Wildman–Crippen LogP) is 2.12. The monoisotopic (exact) mass is 293 g/mol. The second kappa shape index (κ2) is 7.40. The Balaban J connectivity index is 3.07. The summed E-state index contributed by atoms with van der Waals surface area (Å²) in [7, 11) is 1.69. The van der Waals surface area contributed by atoms with Crippen LogP contribution in [0.3, 0.4) is 0 Å². The third-order valence-corrected chi connectivity index (χ3v) is 2.65. The first kappa shape index (κ1) is 15.8. The molecule has 0 aliphatic heterocycles. The van der Waals surface area contributed by atoms with Crippen LogP contribution in [0.5, 0.6) is 0 Å². The number of carbonyl (C=O) groups is 1. The largest absolute Gasteiger partial charge is 0.357 e. The number of halogens is 1. The Hall–Kier alpha value is -2.21. The Morgan fingerprint density at radius 2 is 2.20 bits per heavy atom. The van der Waals surface area contributed by atoms with Crippen LogP contribution in [0, 0.1) is 0 Å². The van der Waals surface area contributed by atoms with E-state index in [1.165, 1.54) is 18.3 Å². The summed E-state index contributed by atoms with van der Waals surface area (Å²) >= 11 is 5.99. The summed E-state index contributed by atoms with van der Waals surface area (Å²) in [6, 6.07) is -0.345. The van der Waals surface area contributed by atoms with Crippen molar-refractivity contribution in [1.82, 2.24) is 15.3 Å². The molecule has 1 aromatic rings. The molecule has 7 heteroatoms. The molecule has 1 aromatic heterocycles. The first-order valence-electron chi connectivity index (χ1n) is 5.86. The van der Waals surface area contributed by atoms with Crippen LogP contribution in [-0.2, 0) is 4.79 Å². The van der Waals surface area contributed by atoms with Crippen molar-refractivity contribution in [3.05, 3.63) is 36.5 Å². The number of nitrogens with one attached hydrogen (secondary N) is 2. The summed E-state index contributed by atoms with van der Waals surface area (Å²) in [5.41, 5.74) is 0.530. The number of anilines is 1. The van der Waals surface area contributed by atoms with Gasteiger partial charge in [-0.25, -0.2) is 9.98 Å². The van der Waals surface area contributed by atoms with E-state index in [1.807, 2.05) is 0 Å². The van der Waals surface area contributed by atoms with Gasteiger partial charge in [-0.2, -0.15) is 4.98 Å². The molecule has 1 unspecified atom stereocenters. The van der Waals surface area contributed by atoms with E-state index < -0.39 is 0 Å². The fraction of sp³-hybridized carbons (Fsp3) is 0.231. The molecule has 0 radical (unpaired) electrons. The van der Waals surface area contributed by atoms with Crippen molar-refractivity contribution in [3.63, 3.8) is 0 Å². The van der Waals surface area contributed by atoms with E-state index in [0.29, 0.717) is 22.5 Å². The van der Waals surface area contributed by atoms with E-state index >= 15 is 0 Å². The number of hydrogen-bond acceptors (Lipinski definition) is 5. The molecular weight excluding hydrogens is 278 g/mol. The highest BCUT2D eigenvalue weighted by atomic mass is 35.5. The van der Waals surface area contributed by atoms with Gasteiger partial charge in [0.2, 0.25) is 11.9 Å². The number of aliphatic imine (C=N–C) groups is 1. The zero-order valence-corrected chi connectivity index (χ0v) is 12.1. The molecule has 1 atom stereocenters. The molecule has 1 heterocycles. The van der Waals surface area contributed by atoms with Crippen molar-refractivity contribution in [2.45, 2.75) is 13.0 Å². The van der Waals surface area contributed by atoms with E-state index in [2.05, 4.69) is 38.8 Å². The van der Waals surface area contributed by atoms with E-state index in [9.17, 15) is 4.79 Å². The fourth-order valence-corrected chi connectivity index (χ4v) is 1.48. The van der Waals surface area contributed by atoms with Gasteiger partial charge in [0.05, 0.1) is 18.0 Å². The third-order valence-electron chi connectivity index (χ3n) is 2.38. The molecule has 0 spiro atoms. The van der Waals surface area contributed by atoms with Gasteiger partial charge >= 0.3 is 0 Å². The second-order valence-electron chi connectivity index (χ2n) is 3.79. The molecule has 2 N–H and O–H groups in total. The van der Waals surface area contributed by atoms with Crippen molar-refractivity contribution in [2.75, 3.05) is 12.4 Å². The molecule has 6 nitrogen and oxygen atoms in total. The highest BCUT2D eigenvalue weighted by molar-refractivity contribution is 6.32. The maximum atomic E-state index is 11.3. The predicted molar refractivity (Wildman–Crippen MR) is 81.7 cm³/mol. The average molecular weight is 294 g/mol. The Labute approximate surface area is 122 Å². The van der Waals surface area contributed by atoms with Crippen LogP contribution in [0.15, 0.2) is 36.5 Å². The molecule has 0 saturated carbocycles. The van der Waals surface area contributed by atoms with Crippen molar-refractivity contribution in [3.8, 4) is 0 Å². The summed E-state index contributed by atoms with van der Waals surface area (Å²) in [6.45, 7) is 8.84. The van der Waals surface area contributed by atoms with Gasteiger partial charge in [0.15, 0.2) is 5.82 Å². The van der Waals surface area contributed by atoms with Crippen LogP contribution in [0.4, 0.5) is 11.8 Å². The van der Waals surface area contributed by atoms with Crippen LogP contribution in [0.1, 0.15) is 6.92 Å². The van der Waals surface area contributed by atoms with Gasteiger partial charge in [-0.15, -0.1) is 0 Å². The molecule has 0 aromatic carbocycles. The summed E-state index contributed by atoms with van der Waals surface area (Å²) in [5.74, 6) is 0.414. The summed E-state index contributed by atoms with van der Waals surface area (Å²) in [5, 5.41) is 5.80. The molecule has 106 valence electrons. The lowest BCUT2D eigenvalue weighted by atomic mass is 10.2. The zero-order valence-electron chi connectivity index (χ0n) is 11.4. The molecule has 20 heavy (non-hydrogen) atoms.